The maximum absolute atomic E-state index is 7.33. The first-order valence-corrected chi connectivity index (χ1v) is 11.4. The second-order valence-electron chi connectivity index (χ2n) is 2.89. The molecule has 0 radical (unpaired) electrons. The molecule has 0 aliphatic rings. The maximum atomic E-state index is 7.33. The zero-order valence-corrected chi connectivity index (χ0v) is 28.5. The molecule has 0 N–H and O–H groups in total. The molecule has 25 heteroatoms. The van der Waals surface area contributed by atoms with E-state index in [0.29, 0.717) is 0 Å². The van der Waals surface area contributed by atoms with E-state index in [2.05, 4.69) is 134 Å². The molecule has 0 aliphatic heterocycles. The lowest BCUT2D eigenvalue weighted by atomic mass is 10.8. The molecular weight excluding hydrogens is 609 g/mol. The normalized spacial score (nSPS) is 4.62. The van der Waals surface area contributed by atoms with Crippen molar-refractivity contribution in [2.75, 3.05) is 69.5 Å². The van der Waals surface area contributed by atoms with Crippen molar-refractivity contribution in [3.63, 3.8) is 0 Å². The summed E-state index contributed by atoms with van der Waals surface area (Å²) in [4.78, 5) is 11.8. The van der Waals surface area contributed by atoms with Crippen LogP contribution in [-0.2, 0) is 62.1 Å². The minimum atomic E-state index is 0.759. The molecule has 0 aromatic heterocycles. The van der Waals surface area contributed by atoms with Crippen molar-refractivity contribution in [1.82, 2.24) is 0 Å². The summed E-state index contributed by atoms with van der Waals surface area (Å²) in [5, 5.41) is 14.6. The average Bonchev–Trinajstić information content (AvgIpc) is 2.99. The van der Waals surface area contributed by atoms with Gasteiger partial charge in [-0.2, -0.15) is 0 Å². The van der Waals surface area contributed by atoms with Crippen molar-refractivity contribution in [1.29, 1.82) is 0 Å². The molecule has 0 atom stereocenters. The Morgan fingerprint density at radius 2 is 0.462 bits per heavy atom. The van der Waals surface area contributed by atoms with Gasteiger partial charge in [0.05, 0.1) is 0 Å². The summed E-state index contributed by atoms with van der Waals surface area (Å²) in [7, 11) is 11.6. The fourth-order valence-corrected chi connectivity index (χ4v) is 0. The third-order valence-electron chi connectivity index (χ3n) is 0.705. The van der Waals surface area contributed by atoms with E-state index in [4.69, 9.17) is 27.7 Å². The van der Waals surface area contributed by atoms with Gasteiger partial charge >= 0.3 is 0 Å². The predicted octanol–water partition coefficient (Wildman–Crippen LogP) is 8.17. The fourth-order valence-electron chi connectivity index (χ4n) is 0. The summed E-state index contributed by atoms with van der Waals surface area (Å²) in [5.74, 6) is 0. The molecule has 0 fully saturated rings. The summed E-state index contributed by atoms with van der Waals surface area (Å²) in [6.07, 6.45) is 0. The van der Waals surface area contributed by atoms with Crippen LogP contribution in [0.15, 0.2) is 47.4 Å². The number of nitrogens with zero attached hydrogens (tertiary/aromatic N) is 20. The Labute approximate surface area is 258 Å². The van der Waals surface area contributed by atoms with E-state index in [1.807, 2.05) is 27.7 Å². The number of azide groups is 5. The smallest absolute Gasteiger partial charge is 0.0492 e. The van der Waals surface area contributed by atoms with Crippen molar-refractivity contribution in [2.45, 2.75) is 27.7 Å². The quantitative estimate of drug-likeness (QED) is 0.162. The third kappa shape index (κ3) is 2770. The zero-order valence-electron chi connectivity index (χ0n) is 24.4. The zero-order chi connectivity index (χ0) is 34.0. The molecule has 0 unspecified atom stereocenters. The lowest BCUT2D eigenvalue weighted by Crippen LogP contribution is -1.53. The molecule has 0 saturated carbocycles. The van der Waals surface area contributed by atoms with E-state index in [-0.39, 0.29) is 0 Å². The second-order valence-corrected chi connectivity index (χ2v) is 4.50. The molecule has 20 nitrogen and oxygen atoms in total. The number of hydrogen-bond acceptors (Lipinski definition) is 15. The SMILES string of the molecule is CC.CCN=S.CCN=S.CN=S.CN=S.CN=S.CN=[N+]=[N-].CN=[N+]=[N-].CN=[N+]=[N-].CN=[N+]=[N-].CN=[N+]=[N-]. The van der Waals surface area contributed by atoms with Crippen LogP contribution >= 0.6 is 0 Å². The van der Waals surface area contributed by atoms with E-state index in [0.717, 1.165) is 13.1 Å². The van der Waals surface area contributed by atoms with E-state index in [1.54, 1.807) is 21.1 Å². The Balaban J connectivity index is -0.0000000247. The Hall–Kier alpha value is -3.35. The topological polar surface area (TPSA) is 306 Å². The lowest BCUT2D eigenvalue weighted by molar-refractivity contribution is 1.16. The van der Waals surface area contributed by atoms with Crippen LogP contribution in [0.3, 0.4) is 0 Å². The average molecular weight is 649 g/mol. The standard InChI is InChI=1S/2C2H5NS.C2H6.5CH3N3.3CH3NS/c2*1-2-3-4;1-2;5*1-3-4-2;3*1-2-3/h2*2H2,1H3;1-2H3;5*1H3;3*1H3. The van der Waals surface area contributed by atoms with E-state index in [1.165, 1.54) is 35.2 Å². The summed E-state index contributed by atoms with van der Waals surface area (Å²) >= 11 is 20.4. The molecule has 0 aromatic rings. The van der Waals surface area contributed by atoms with Gasteiger partial charge in [-0.25, -0.2) is 21.8 Å². The van der Waals surface area contributed by atoms with Crippen LogP contribution in [0.2, 0.25) is 0 Å². The highest BCUT2D eigenvalue weighted by molar-refractivity contribution is 7.47. The van der Waals surface area contributed by atoms with Gasteiger partial charge in [0.15, 0.2) is 0 Å². The highest BCUT2D eigenvalue weighted by atomic mass is 32.1. The van der Waals surface area contributed by atoms with Gasteiger partial charge in [-0.1, -0.05) is 39.4 Å². The van der Waals surface area contributed by atoms with Gasteiger partial charge in [-0.05, 0) is 41.5 Å². The van der Waals surface area contributed by atoms with Gasteiger partial charge in [0, 0.05) is 156 Å². The van der Waals surface area contributed by atoms with Crippen LogP contribution in [0.5, 0.6) is 0 Å². The van der Waals surface area contributed by atoms with Crippen molar-refractivity contribution < 1.29 is 0 Å². The first kappa shape index (κ1) is 70.4. The Morgan fingerprint density at radius 3 is 0.462 bits per heavy atom. The fraction of sp³-hybridized carbons (Fsp3) is 1.00. The molecule has 0 aliphatic carbocycles. The van der Waals surface area contributed by atoms with Gasteiger partial charge in [-0.3, -0.25) is 0 Å². The molecule has 0 heterocycles. The van der Waals surface area contributed by atoms with Crippen LogP contribution in [0.25, 0.3) is 52.2 Å². The highest BCUT2D eigenvalue weighted by Crippen LogP contribution is 1.53. The molecule has 0 saturated heterocycles. The summed E-state index contributed by atoms with van der Waals surface area (Å²) in [6.45, 7) is 9.34. The van der Waals surface area contributed by atoms with E-state index < -0.39 is 0 Å². The first-order valence-electron chi connectivity index (χ1n) is 9.54. The van der Waals surface area contributed by atoms with Gasteiger partial charge in [0.1, 0.15) is 0 Å². The monoisotopic (exact) mass is 648 g/mol. The van der Waals surface area contributed by atoms with Crippen LogP contribution in [0.4, 0.5) is 0 Å². The van der Waals surface area contributed by atoms with Crippen molar-refractivity contribution in [3.8, 4) is 0 Å². The largest absolute Gasteiger partial charge is 0.223 e. The second kappa shape index (κ2) is 211. The Kier molecular flexibility index (Phi) is 380. The van der Waals surface area contributed by atoms with Crippen molar-refractivity contribution in [3.05, 3.63) is 52.2 Å². The summed E-state index contributed by atoms with van der Waals surface area (Å²) in [6, 6.07) is 0. The maximum Gasteiger partial charge on any atom is 0.0492 e. The van der Waals surface area contributed by atoms with E-state index in [9.17, 15) is 0 Å². The summed E-state index contributed by atoms with van der Waals surface area (Å²) in [5.41, 5.74) is 36.7. The van der Waals surface area contributed by atoms with Gasteiger partial charge in [-0.15, -0.1) is 0 Å². The number of hydrogen-bond donors (Lipinski definition) is 0. The highest BCUT2D eigenvalue weighted by Gasteiger charge is 1.47. The Morgan fingerprint density at radius 1 is 0.410 bits per heavy atom. The minimum Gasteiger partial charge on any atom is -0.223 e. The third-order valence-corrected chi connectivity index (χ3v) is 1.22. The lowest BCUT2D eigenvalue weighted by Gasteiger charge is -1.57. The van der Waals surface area contributed by atoms with Crippen LogP contribution < -0.4 is 0 Å². The predicted molar refractivity (Wildman–Crippen MR) is 175 cm³/mol. The summed E-state index contributed by atoms with van der Waals surface area (Å²) < 4.78 is 15.9. The van der Waals surface area contributed by atoms with E-state index >= 15 is 0 Å². The molecule has 0 spiro atoms. The minimum absolute atomic E-state index is 0.759. The molecule has 226 valence electrons. The molecule has 0 aromatic carbocycles. The van der Waals surface area contributed by atoms with Crippen LogP contribution in [0.1, 0.15) is 27.7 Å². The molecular formula is C14H40N20S5. The first-order chi connectivity index (χ1) is 18.6. The molecule has 39 heavy (non-hydrogen) atoms. The van der Waals surface area contributed by atoms with Gasteiger partial charge in [0.25, 0.3) is 0 Å². The van der Waals surface area contributed by atoms with Gasteiger partial charge < -0.3 is 0 Å². The van der Waals surface area contributed by atoms with Crippen LogP contribution in [0, 0.1) is 0 Å². The van der Waals surface area contributed by atoms with Gasteiger partial charge in [0.2, 0.25) is 0 Å². The molecule has 0 bridgehead atoms. The number of rotatable bonds is 2. The van der Waals surface area contributed by atoms with Crippen molar-refractivity contribution in [2.24, 2.45) is 47.4 Å². The van der Waals surface area contributed by atoms with Crippen molar-refractivity contribution >= 4 is 62.1 Å². The molecule has 0 rings (SSSR count). The molecule has 0 amide bonds. The van der Waals surface area contributed by atoms with Crippen LogP contribution in [-0.4, -0.2) is 69.5 Å². The Bertz CT molecular complexity index is 545.